The normalized spacial score (nSPS) is 14.8. The molecule has 1 atom stereocenters. The number of carboxylic acids is 1. The number of methoxy groups -OCH3 is 1. The Balaban J connectivity index is 2.36. The third kappa shape index (κ3) is 2.91. The number of hydrogen-bond donors (Lipinski definition) is 2. The lowest BCUT2D eigenvalue weighted by Crippen LogP contribution is -2.18. The second kappa shape index (κ2) is 6.19. The van der Waals surface area contributed by atoms with Gasteiger partial charge in [-0.25, -0.2) is 0 Å². The summed E-state index contributed by atoms with van der Waals surface area (Å²) >= 11 is 6.24. The number of nitrogens with two attached hydrogens (primary N) is 1. The average molecular weight is 302 g/mol. The largest absolute Gasteiger partial charge is 0.495 e. The van der Waals surface area contributed by atoms with Crippen LogP contribution in [-0.4, -0.2) is 31.4 Å². The lowest BCUT2D eigenvalue weighted by atomic mass is 10.0. The first-order chi connectivity index (χ1) is 9.54. The van der Waals surface area contributed by atoms with E-state index in [1.165, 1.54) is 7.11 Å². The summed E-state index contributed by atoms with van der Waals surface area (Å²) < 4.78 is 16.2. The Labute approximate surface area is 121 Å². The molecule has 0 aliphatic carbocycles. The second-order valence-corrected chi connectivity index (χ2v) is 4.75. The molecule has 0 spiro atoms. The molecule has 7 heteroatoms. The first kappa shape index (κ1) is 14.7. The van der Waals surface area contributed by atoms with Crippen molar-refractivity contribution in [2.75, 3.05) is 20.3 Å². The van der Waals surface area contributed by atoms with Crippen LogP contribution in [0, 0.1) is 0 Å². The molecule has 2 rings (SSSR count). The van der Waals surface area contributed by atoms with Crippen LogP contribution in [0.3, 0.4) is 0 Å². The third-order valence-electron chi connectivity index (χ3n) is 3.03. The molecule has 0 amide bonds. The van der Waals surface area contributed by atoms with Crippen LogP contribution in [0.4, 0.5) is 0 Å². The van der Waals surface area contributed by atoms with Crippen molar-refractivity contribution in [3.63, 3.8) is 0 Å². The van der Waals surface area contributed by atoms with Crippen molar-refractivity contribution >= 4 is 17.6 Å². The van der Waals surface area contributed by atoms with Crippen LogP contribution in [-0.2, 0) is 4.79 Å². The van der Waals surface area contributed by atoms with Crippen molar-refractivity contribution in [1.82, 2.24) is 0 Å². The van der Waals surface area contributed by atoms with Crippen molar-refractivity contribution in [3.05, 3.63) is 16.7 Å². The minimum atomic E-state index is -0.900. The van der Waals surface area contributed by atoms with E-state index in [-0.39, 0.29) is 12.8 Å². The highest BCUT2D eigenvalue weighted by molar-refractivity contribution is 6.34. The lowest BCUT2D eigenvalue weighted by Gasteiger charge is -2.24. The fraction of sp³-hybridized carbons (Fsp3) is 0.462. The molecule has 110 valence electrons. The molecule has 0 saturated carbocycles. The number of rotatable bonds is 5. The van der Waals surface area contributed by atoms with Crippen LogP contribution in [0.2, 0.25) is 5.02 Å². The molecule has 20 heavy (non-hydrogen) atoms. The van der Waals surface area contributed by atoms with Crippen LogP contribution in [0.1, 0.15) is 24.4 Å². The minimum absolute atomic E-state index is 0.0314. The number of halogens is 1. The van der Waals surface area contributed by atoms with Gasteiger partial charge < -0.3 is 25.1 Å². The van der Waals surface area contributed by atoms with Crippen LogP contribution in [0.5, 0.6) is 17.2 Å². The van der Waals surface area contributed by atoms with Crippen LogP contribution in [0.15, 0.2) is 6.07 Å². The van der Waals surface area contributed by atoms with Crippen molar-refractivity contribution in [3.8, 4) is 17.2 Å². The van der Waals surface area contributed by atoms with Crippen molar-refractivity contribution in [2.45, 2.75) is 18.9 Å². The number of carboxylic acid groups (broad SMARTS) is 1. The SMILES string of the molecule is COc1c(C(N)CCC(=O)O)cc2c(c1Cl)OCCO2. The molecule has 0 aromatic heterocycles. The number of carbonyl (C=O) groups is 1. The van der Waals surface area contributed by atoms with Gasteiger partial charge in [0.15, 0.2) is 11.5 Å². The highest BCUT2D eigenvalue weighted by atomic mass is 35.5. The Morgan fingerprint density at radius 1 is 1.55 bits per heavy atom. The van der Waals surface area contributed by atoms with Crippen LogP contribution < -0.4 is 19.9 Å². The summed E-state index contributed by atoms with van der Waals surface area (Å²) in [5.41, 5.74) is 6.64. The maximum absolute atomic E-state index is 10.6. The standard InChI is InChI=1S/C13H16ClNO5/c1-18-12-7(8(15)2-3-10(16)17)6-9-13(11(12)14)20-5-4-19-9/h6,8H,2-5,15H2,1H3,(H,16,17). The Morgan fingerprint density at radius 3 is 2.90 bits per heavy atom. The molecular weight excluding hydrogens is 286 g/mol. The van der Waals surface area contributed by atoms with Crippen molar-refractivity contribution < 1.29 is 24.1 Å². The summed E-state index contributed by atoms with van der Waals surface area (Å²) in [4.78, 5) is 10.6. The molecular formula is C13H16ClNO5. The van der Waals surface area contributed by atoms with E-state index in [4.69, 9.17) is 36.7 Å². The van der Waals surface area contributed by atoms with Gasteiger partial charge in [0.1, 0.15) is 24.0 Å². The zero-order valence-corrected chi connectivity index (χ0v) is 11.8. The molecule has 1 unspecified atom stereocenters. The first-order valence-corrected chi connectivity index (χ1v) is 6.55. The highest BCUT2D eigenvalue weighted by Crippen LogP contribution is 2.47. The molecule has 1 aliphatic heterocycles. The highest BCUT2D eigenvalue weighted by Gasteiger charge is 2.25. The van der Waals surface area contributed by atoms with E-state index in [9.17, 15) is 4.79 Å². The smallest absolute Gasteiger partial charge is 0.303 e. The molecule has 0 saturated heterocycles. The van der Waals surface area contributed by atoms with E-state index in [0.29, 0.717) is 41.0 Å². The summed E-state index contributed by atoms with van der Waals surface area (Å²) in [5, 5.41) is 9.02. The van der Waals surface area contributed by atoms with E-state index in [0.717, 1.165) is 0 Å². The zero-order valence-electron chi connectivity index (χ0n) is 11.0. The topological polar surface area (TPSA) is 91.0 Å². The van der Waals surface area contributed by atoms with Gasteiger partial charge >= 0.3 is 5.97 Å². The lowest BCUT2D eigenvalue weighted by molar-refractivity contribution is -0.137. The Bertz CT molecular complexity index is 520. The van der Waals surface area contributed by atoms with E-state index >= 15 is 0 Å². The first-order valence-electron chi connectivity index (χ1n) is 6.18. The molecule has 1 heterocycles. The predicted molar refractivity (Wildman–Crippen MR) is 72.8 cm³/mol. The molecule has 0 bridgehead atoms. The van der Waals surface area contributed by atoms with Gasteiger partial charge in [-0.1, -0.05) is 11.6 Å². The molecule has 6 nitrogen and oxygen atoms in total. The molecule has 0 radical (unpaired) electrons. The van der Waals surface area contributed by atoms with Gasteiger partial charge in [-0.3, -0.25) is 4.79 Å². The van der Waals surface area contributed by atoms with Gasteiger partial charge in [0.2, 0.25) is 0 Å². The Morgan fingerprint density at radius 2 is 2.25 bits per heavy atom. The summed E-state index contributed by atoms with van der Waals surface area (Å²) in [7, 11) is 1.48. The number of aliphatic carboxylic acids is 1. The number of hydrogen-bond acceptors (Lipinski definition) is 5. The Hall–Kier alpha value is -1.66. The summed E-state index contributed by atoms with van der Waals surface area (Å²) in [6.07, 6.45) is 0.248. The maximum Gasteiger partial charge on any atom is 0.303 e. The summed E-state index contributed by atoms with van der Waals surface area (Å²) in [6.45, 7) is 0.847. The van der Waals surface area contributed by atoms with Gasteiger partial charge in [0, 0.05) is 18.0 Å². The monoisotopic (exact) mass is 301 g/mol. The van der Waals surface area contributed by atoms with Gasteiger partial charge in [-0.2, -0.15) is 0 Å². The van der Waals surface area contributed by atoms with Crippen molar-refractivity contribution in [2.24, 2.45) is 5.73 Å². The third-order valence-corrected chi connectivity index (χ3v) is 3.37. The molecule has 3 N–H and O–H groups in total. The Kier molecular flexibility index (Phi) is 4.57. The average Bonchev–Trinajstić information content (AvgIpc) is 2.44. The van der Waals surface area contributed by atoms with E-state index < -0.39 is 12.0 Å². The van der Waals surface area contributed by atoms with Gasteiger partial charge in [-0.05, 0) is 12.5 Å². The number of ether oxygens (including phenoxy) is 3. The van der Waals surface area contributed by atoms with Gasteiger partial charge in [0.25, 0.3) is 0 Å². The second-order valence-electron chi connectivity index (χ2n) is 4.38. The predicted octanol–water partition coefficient (Wildman–Crippen LogP) is 1.98. The summed E-state index contributed by atoms with van der Waals surface area (Å²) in [5.74, 6) is 0.434. The molecule has 0 fully saturated rings. The van der Waals surface area contributed by atoms with E-state index in [2.05, 4.69) is 0 Å². The van der Waals surface area contributed by atoms with Crippen molar-refractivity contribution in [1.29, 1.82) is 0 Å². The fourth-order valence-electron chi connectivity index (χ4n) is 2.06. The summed E-state index contributed by atoms with van der Waals surface area (Å²) in [6, 6.07) is 1.19. The van der Waals surface area contributed by atoms with Gasteiger partial charge in [-0.15, -0.1) is 0 Å². The number of fused-ring (bicyclic) bond motifs is 1. The minimum Gasteiger partial charge on any atom is -0.495 e. The van der Waals surface area contributed by atoms with Crippen LogP contribution in [0.25, 0.3) is 0 Å². The van der Waals surface area contributed by atoms with E-state index in [1.807, 2.05) is 0 Å². The zero-order chi connectivity index (χ0) is 14.7. The van der Waals surface area contributed by atoms with Gasteiger partial charge in [0.05, 0.1) is 7.11 Å². The van der Waals surface area contributed by atoms with E-state index in [1.54, 1.807) is 6.07 Å². The quantitative estimate of drug-likeness (QED) is 0.864. The molecule has 1 aromatic rings. The molecule has 1 aliphatic rings. The molecule has 1 aromatic carbocycles. The number of benzene rings is 1. The maximum atomic E-state index is 10.6. The van der Waals surface area contributed by atoms with Crippen LogP contribution >= 0.6 is 11.6 Å². The fourth-order valence-corrected chi connectivity index (χ4v) is 2.40.